The molecule has 6 heterocycles. The zero-order valence-electron chi connectivity index (χ0n) is 29.9. The fourth-order valence-electron chi connectivity index (χ4n) is 8.67. The largest absolute Gasteiger partial charge is 0.370 e. The van der Waals surface area contributed by atoms with Gasteiger partial charge in [0.05, 0.1) is 11.6 Å². The minimum atomic E-state index is -0.303. The number of anilines is 1. The molecule has 268 valence electrons. The van der Waals surface area contributed by atoms with E-state index in [1.807, 2.05) is 29.2 Å². The van der Waals surface area contributed by atoms with Gasteiger partial charge in [-0.05, 0) is 112 Å². The average Bonchev–Trinajstić information content (AvgIpc) is 3.74. The first-order chi connectivity index (χ1) is 24.7. The van der Waals surface area contributed by atoms with Crippen LogP contribution in [0.5, 0.6) is 0 Å². The highest BCUT2D eigenvalue weighted by atomic mass is 16.2. The molecule has 11 nitrogen and oxygen atoms in total. The molecule has 0 saturated carbocycles. The quantitative estimate of drug-likeness (QED) is 0.175. The standard InChI is InChI=1S/C40H50N8O3/c1-40(2)14-9-31-34(21-40)45-46-37(31)33-19-27-3-4-28(20-32(27)43-33)39(51)48-17-12-26(13-18-48)24-47-15-10-25(11-16-47)22-41-35-7-5-29(23-42-35)30-6-8-36(49)44-38(30)50/h3-5,7,19-20,23,25-26,30,43H,6,8-18,21-22,24H2,1-2H3,(H,41,42)(H,45,46)(H,44,49,50). The molecule has 0 spiro atoms. The number of hydrogen-bond donors (Lipinski definition) is 4. The Balaban J connectivity index is 0.778. The molecule has 1 unspecified atom stereocenters. The number of aromatic nitrogens is 4. The molecule has 4 aromatic rings. The summed E-state index contributed by atoms with van der Waals surface area (Å²) in [6.07, 6.45) is 10.3. The van der Waals surface area contributed by atoms with Gasteiger partial charge in [-0.3, -0.25) is 24.8 Å². The maximum absolute atomic E-state index is 13.6. The fourth-order valence-corrected chi connectivity index (χ4v) is 8.67. The lowest BCUT2D eigenvalue weighted by Crippen LogP contribution is -2.43. The molecule has 1 aliphatic carbocycles. The monoisotopic (exact) mass is 690 g/mol. The van der Waals surface area contributed by atoms with E-state index >= 15 is 0 Å². The van der Waals surface area contributed by atoms with Crippen molar-refractivity contribution in [1.29, 1.82) is 0 Å². The van der Waals surface area contributed by atoms with Gasteiger partial charge in [-0.2, -0.15) is 5.10 Å². The number of benzene rings is 1. The average molecular weight is 691 g/mol. The molecule has 4 aliphatic rings. The summed E-state index contributed by atoms with van der Waals surface area (Å²) in [6, 6.07) is 12.1. The molecule has 0 radical (unpaired) electrons. The molecular formula is C40H50N8O3. The molecular weight excluding hydrogens is 640 g/mol. The Kier molecular flexibility index (Phi) is 9.16. The van der Waals surface area contributed by atoms with E-state index in [-0.39, 0.29) is 23.6 Å². The number of carbonyl (C=O) groups excluding carboxylic acids is 3. The van der Waals surface area contributed by atoms with E-state index in [0.29, 0.717) is 30.1 Å². The lowest BCUT2D eigenvalue weighted by atomic mass is 9.76. The first-order valence-electron chi connectivity index (χ1n) is 18.9. The molecule has 11 heteroatoms. The predicted octanol–water partition coefficient (Wildman–Crippen LogP) is 5.66. The molecule has 3 aromatic heterocycles. The van der Waals surface area contributed by atoms with Gasteiger partial charge in [0.25, 0.3) is 5.91 Å². The van der Waals surface area contributed by atoms with Crippen LogP contribution in [0.2, 0.25) is 0 Å². The lowest BCUT2D eigenvalue weighted by molar-refractivity contribution is -0.134. The Labute approximate surface area is 299 Å². The Morgan fingerprint density at radius 2 is 1.76 bits per heavy atom. The second-order valence-corrected chi connectivity index (χ2v) is 16.2. The Hall–Kier alpha value is -4.51. The van der Waals surface area contributed by atoms with Crippen molar-refractivity contribution in [2.45, 2.75) is 77.6 Å². The predicted molar refractivity (Wildman–Crippen MR) is 197 cm³/mol. The van der Waals surface area contributed by atoms with Crippen molar-refractivity contribution in [3.63, 3.8) is 0 Å². The number of aromatic amines is 2. The van der Waals surface area contributed by atoms with Crippen LogP contribution in [0.25, 0.3) is 22.3 Å². The van der Waals surface area contributed by atoms with Gasteiger partial charge in [-0.1, -0.05) is 26.0 Å². The van der Waals surface area contributed by atoms with E-state index in [2.05, 4.69) is 56.6 Å². The van der Waals surface area contributed by atoms with Crippen molar-refractivity contribution in [3.05, 3.63) is 65.0 Å². The fraction of sp³-hybridized carbons (Fsp3) is 0.525. The molecule has 0 bridgehead atoms. The number of imide groups is 1. The molecule has 3 amide bonds. The van der Waals surface area contributed by atoms with E-state index in [1.165, 1.54) is 11.3 Å². The molecule has 1 aromatic carbocycles. The van der Waals surface area contributed by atoms with Crippen LogP contribution in [-0.4, -0.2) is 87.0 Å². The number of rotatable bonds is 8. The third-order valence-electron chi connectivity index (χ3n) is 11.9. The highest BCUT2D eigenvalue weighted by molar-refractivity contribution is 6.01. The number of likely N-dealkylation sites (tertiary alicyclic amines) is 2. The number of nitrogens with one attached hydrogen (secondary N) is 4. The normalized spacial score (nSPS) is 21.8. The van der Waals surface area contributed by atoms with E-state index in [4.69, 9.17) is 5.10 Å². The second kappa shape index (κ2) is 13.9. The smallest absolute Gasteiger partial charge is 0.253 e. The van der Waals surface area contributed by atoms with Gasteiger partial charge in [-0.15, -0.1) is 0 Å². The summed E-state index contributed by atoms with van der Waals surface area (Å²) < 4.78 is 0. The van der Waals surface area contributed by atoms with Crippen LogP contribution < -0.4 is 10.6 Å². The third kappa shape index (κ3) is 7.31. The summed E-state index contributed by atoms with van der Waals surface area (Å²) >= 11 is 0. The van der Waals surface area contributed by atoms with E-state index in [0.717, 1.165) is 123 Å². The maximum atomic E-state index is 13.6. The topological polar surface area (TPSA) is 139 Å². The third-order valence-corrected chi connectivity index (χ3v) is 11.9. The minimum absolute atomic E-state index is 0.124. The number of amides is 3. The lowest BCUT2D eigenvalue weighted by Gasteiger charge is -2.37. The van der Waals surface area contributed by atoms with Crippen molar-refractivity contribution in [2.24, 2.45) is 17.3 Å². The van der Waals surface area contributed by atoms with Crippen LogP contribution in [0.3, 0.4) is 0 Å². The van der Waals surface area contributed by atoms with Gasteiger partial charge >= 0.3 is 0 Å². The molecule has 4 N–H and O–H groups in total. The van der Waals surface area contributed by atoms with Gasteiger partial charge in [0.1, 0.15) is 11.5 Å². The molecule has 3 saturated heterocycles. The van der Waals surface area contributed by atoms with Crippen LogP contribution in [0.4, 0.5) is 5.82 Å². The number of carbonyl (C=O) groups is 3. The number of H-pyrrole nitrogens is 2. The zero-order chi connectivity index (χ0) is 35.1. The van der Waals surface area contributed by atoms with Crippen LogP contribution in [-0.2, 0) is 22.4 Å². The Morgan fingerprint density at radius 1 is 0.961 bits per heavy atom. The molecule has 1 atom stereocenters. The number of piperidine rings is 3. The van der Waals surface area contributed by atoms with Gasteiger partial charge in [0.15, 0.2) is 0 Å². The minimum Gasteiger partial charge on any atom is -0.370 e. The number of nitrogens with zero attached hydrogens (tertiary/aromatic N) is 4. The van der Waals surface area contributed by atoms with Crippen LogP contribution in [0.1, 0.15) is 91.9 Å². The molecule has 8 rings (SSSR count). The van der Waals surface area contributed by atoms with Gasteiger partial charge in [0.2, 0.25) is 11.8 Å². The van der Waals surface area contributed by atoms with Crippen molar-refractivity contribution >= 4 is 34.4 Å². The number of hydrogen-bond acceptors (Lipinski definition) is 7. The summed E-state index contributed by atoms with van der Waals surface area (Å²) in [5, 5.41) is 15.0. The van der Waals surface area contributed by atoms with Gasteiger partial charge in [-0.25, -0.2) is 4.98 Å². The first-order valence-corrected chi connectivity index (χ1v) is 18.9. The highest BCUT2D eigenvalue weighted by Gasteiger charge is 2.31. The number of fused-ring (bicyclic) bond motifs is 2. The van der Waals surface area contributed by atoms with Crippen molar-refractivity contribution in [1.82, 2.24) is 35.3 Å². The second-order valence-electron chi connectivity index (χ2n) is 16.2. The summed E-state index contributed by atoms with van der Waals surface area (Å²) in [7, 11) is 0. The van der Waals surface area contributed by atoms with Crippen LogP contribution in [0.15, 0.2) is 42.6 Å². The van der Waals surface area contributed by atoms with E-state index in [9.17, 15) is 14.4 Å². The van der Waals surface area contributed by atoms with Crippen LogP contribution >= 0.6 is 0 Å². The Morgan fingerprint density at radius 3 is 2.53 bits per heavy atom. The SMILES string of the molecule is CC1(C)CCc2c(-c3cc4ccc(C(=O)N5CCC(CN6CCC(CNc7ccc(C8CCC(=O)NC8=O)cn7)CC6)CC5)cc4[nH]3)n[nH]c2C1. The summed E-state index contributed by atoms with van der Waals surface area (Å²) in [5.74, 6) is 1.44. The van der Waals surface area contributed by atoms with Gasteiger partial charge in [0, 0.05) is 66.5 Å². The summed E-state index contributed by atoms with van der Waals surface area (Å²) in [4.78, 5) is 50.0. The van der Waals surface area contributed by atoms with Crippen molar-refractivity contribution < 1.29 is 14.4 Å². The molecule has 3 fully saturated rings. The summed E-state index contributed by atoms with van der Waals surface area (Å²) in [5.41, 5.74) is 7.50. The van der Waals surface area contributed by atoms with Crippen molar-refractivity contribution in [3.8, 4) is 11.4 Å². The molecule has 51 heavy (non-hydrogen) atoms. The zero-order valence-corrected chi connectivity index (χ0v) is 29.9. The van der Waals surface area contributed by atoms with E-state index < -0.39 is 0 Å². The maximum Gasteiger partial charge on any atom is 0.253 e. The van der Waals surface area contributed by atoms with Gasteiger partial charge < -0.3 is 20.1 Å². The Bertz CT molecular complexity index is 1910. The van der Waals surface area contributed by atoms with Crippen LogP contribution in [0, 0.1) is 17.3 Å². The first kappa shape index (κ1) is 33.6. The number of pyridine rings is 1. The van der Waals surface area contributed by atoms with Crippen molar-refractivity contribution in [2.75, 3.05) is 44.6 Å². The summed E-state index contributed by atoms with van der Waals surface area (Å²) in [6.45, 7) is 10.5. The highest BCUT2D eigenvalue weighted by Crippen LogP contribution is 2.38. The molecule has 3 aliphatic heterocycles. The van der Waals surface area contributed by atoms with E-state index in [1.54, 1.807) is 6.20 Å².